The van der Waals surface area contributed by atoms with E-state index in [1.165, 1.54) is 16.7 Å². The van der Waals surface area contributed by atoms with Crippen LogP contribution in [0.15, 0.2) is 48.5 Å². The lowest BCUT2D eigenvalue weighted by atomic mass is 10.0. The number of ether oxygens (including phenoxy) is 1. The summed E-state index contributed by atoms with van der Waals surface area (Å²) in [5.74, 6) is 1.04. The van der Waals surface area contributed by atoms with E-state index in [0.717, 1.165) is 38.5 Å². The third kappa shape index (κ3) is 2.67. The Kier molecular flexibility index (Phi) is 3.37. The van der Waals surface area contributed by atoms with Gasteiger partial charge in [-0.3, -0.25) is 9.80 Å². The summed E-state index contributed by atoms with van der Waals surface area (Å²) < 4.78 is 5.85. The highest BCUT2D eigenvalue weighted by molar-refractivity contribution is 5.34. The molecule has 2 aliphatic rings. The number of nitrogens with zero attached hydrogens (tertiary/aromatic N) is 2. The molecular formula is C18H20N2O. The summed E-state index contributed by atoms with van der Waals surface area (Å²) >= 11 is 0. The van der Waals surface area contributed by atoms with E-state index in [0.29, 0.717) is 6.73 Å². The van der Waals surface area contributed by atoms with Gasteiger partial charge < -0.3 is 4.74 Å². The summed E-state index contributed by atoms with van der Waals surface area (Å²) in [6, 6.07) is 17.1. The minimum atomic E-state index is 0.690. The first-order valence-electron chi connectivity index (χ1n) is 7.61. The molecule has 4 rings (SSSR count). The standard InChI is InChI=1S/C18H20N2O/c1-2-6-16-11-19(10-9-15(16)5-1)13-20-12-17-7-3-4-8-18(17)21-14-20/h1-8H,9-14H2. The lowest BCUT2D eigenvalue weighted by molar-refractivity contribution is 0.0342. The Morgan fingerprint density at radius 1 is 0.810 bits per heavy atom. The number of hydrogen-bond acceptors (Lipinski definition) is 3. The Balaban J connectivity index is 1.42. The highest BCUT2D eigenvalue weighted by Crippen LogP contribution is 2.25. The van der Waals surface area contributed by atoms with Crippen LogP contribution in [0.25, 0.3) is 0 Å². The van der Waals surface area contributed by atoms with Crippen molar-refractivity contribution >= 4 is 0 Å². The van der Waals surface area contributed by atoms with Gasteiger partial charge in [0.05, 0.1) is 6.67 Å². The lowest BCUT2D eigenvalue weighted by Gasteiger charge is -2.36. The fourth-order valence-electron chi connectivity index (χ4n) is 3.27. The van der Waals surface area contributed by atoms with Crippen LogP contribution in [0.3, 0.4) is 0 Å². The van der Waals surface area contributed by atoms with Crippen LogP contribution in [0.1, 0.15) is 16.7 Å². The van der Waals surface area contributed by atoms with Crippen molar-refractivity contribution < 1.29 is 4.74 Å². The van der Waals surface area contributed by atoms with Gasteiger partial charge in [-0.15, -0.1) is 0 Å². The zero-order chi connectivity index (χ0) is 14.1. The van der Waals surface area contributed by atoms with Crippen LogP contribution >= 0.6 is 0 Å². The largest absolute Gasteiger partial charge is 0.478 e. The van der Waals surface area contributed by atoms with Crippen LogP contribution in [0.4, 0.5) is 0 Å². The van der Waals surface area contributed by atoms with Gasteiger partial charge in [0, 0.05) is 25.2 Å². The van der Waals surface area contributed by atoms with Crippen LogP contribution in [-0.4, -0.2) is 29.7 Å². The van der Waals surface area contributed by atoms with E-state index in [2.05, 4.69) is 52.3 Å². The van der Waals surface area contributed by atoms with Gasteiger partial charge >= 0.3 is 0 Å². The van der Waals surface area contributed by atoms with E-state index in [-0.39, 0.29) is 0 Å². The summed E-state index contributed by atoms with van der Waals surface area (Å²) in [5, 5.41) is 0. The highest BCUT2D eigenvalue weighted by atomic mass is 16.5. The summed E-state index contributed by atoms with van der Waals surface area (Å²) in [6.45, 7) is 4.83. The predicted molar refractivity (Wildman–Crippen MR) is 82.9 cm³/mol. The first-order valence-corrected chi connectivity index (χ1v) is 7.61. The van der Waals surface area contributed by atoms with Crippen molar-refractivity contribution in [2.75, 3.05) is 19.9 Å². The Hall–Kier alpha value is -1.84. The number of hydrogen-bond donors (Lipinski definition) is 0. The summed E-state index contributed by atoms with van der Waals surface area (Å²) in [6.07, 6.45) is 1.15. The first kappa shape index (κ1) is 12.9. The highest BCUT2D eigenvalue weighted by Gasteiger charge is 2.21. The van der Waals surface area contributed by atoms with Crippen molar-refractivity contribution in [3.8, 4) is 5.75 Å². The van der Waals surface area contributed by atoms with E-state index < -0.39 is 0 Å². The molecule has 0 saturated carbocycles. The van der Waals surface area contributed by atoms with Crippen LogP contribution in [-0.2, 0) is 19.5 Å². The molecule has 0 spiro atoms. The van der Waals surface area contributed by atoms with Gasteiger partial charge in [0.15, 0.2) is 0 Å². The SMILES string of the molecule is c1ccc2c(c1)CCN(CN1COc3ccccc3C1)C2. The molecule has 3 nitrogen and oxygen atoms in total. The Labute approximate surface area is 125 Å². The van der Waals surface area contributed by atoms with Crippen molar-refractivity contribution in [2.45, 2.75) is 19.5 Å². The molecule has 108 valence electrons. The average Bonchev–Trinajstić information content (AvgIpc) is 2.55. The van der Waals surface area contributed by atoms with Crippen molar-refractivity contribution in [2.24, 2.45) is 0 Å². The zero-order valence-electron chi connectivity index (χ0n) is 12.2. The smallest absolute Gasteiger partial charge is 0.143 e. The summed E-state index contributed by atoms with van der Waals surface area (Å²) in [7, 11) is 0. The first-order chi connectivity index (χ1) is 10.4. The van der Waals surface area contributed by atoms with Crippen molar-refractivity contribution in [1.82, 2.24) is 9.80 Å². The molecule has 2 aromatic carbocycles. The molecule has 0 radical (unpaired) electrons. The third-order valence-electron chi connectivity index (χ3n) is 4.38. The molecule has 0 aromatic heterocycles. The molecule has 0 fully saturated rings. The van der Waals surface area contributed by atoms with E-state index in [1.54, 1.807) is 0 Å². The molecule has 2 aliphatic heterocycles. The summed E-state index contributed by atoms with van der Waals surface area (Å²) in [5.41, 5.74) is 4.28. The molecule has 3 heteroatoms. The zero-order valence-corrected chi connectivity index (χ0v) is 12.2. The Bertz CT molecular complexity index is 585. The predicted octanol–water partition coefficient (Wildman–Crippen LogP) is 2.85. The Morgan fingerprint density at radius 2 is 1.52 bits per heavy atom. The number of rotatable bonds is 2. The molecule has 2 heterocycles. The number of benzene rings is 2. The fraction of sp³-hybridized carbons (Fsp3) is 0.333. The maximum atomic E-state index is 5.85. The number of para-hydroxylation sites is 1. The third-order valence-corrected chi connectivity index (χ3v) is 4.38. The Morgan fingerprint density at radius 3 is 2.43 bits per heavy atom. The van der Waals surface area contributed by atoms with E-state index in [1.807, 2.05) is 6.07 Å². The molecule has 21 heavy (non-hydrogen) atoms. The topological polar surface area (TPSA) is 15.7 Å². The van der Waals surface area contributed by atoms with Crippen LogP contribution in [0.5, 0.6) is 5.75 Å². The van der Waals surface area contributed by atoms with Gasteiger partial charge in [-0.25, -0.2) is 0 Å². The van der Waals surface area contributed by atoms with Crippen molar-refractivity contribution in [3.05, 3.63) is 65.2 Å². The van der Waals surface area contributed by atoms with E-state index in [4.69, 9.17) is 4.74 Å². The molecule has 2 aromatic rings. The van der Waals surface area contributed by atoms with Crippen molar-refractivity contribution in [1.29, 1.82) is 0 Å². The minimum absolute atomic E-state index is 0.690. The molecule has 0 atom stereocenters. The average molecular weight is 280 g/mol. The van der Waals surface area contributed by atoms with E-state index >= 15 is 0 Å². The molecule has 0 saturated heterocycles. The quantitative estimate of drug-likeness (QED) is 0.841. The van der Waals surface area contributed by atoms with Crippen molar-refractivity contribution in [3.63, 3.8) is 0 Å². The van der Waals surface area contributed by atoms with Gasteiger partial charge in [-0.2, -0.15) is 0 Å². The minimum Gasteiger partial charge on any atom is -0.478 e. The van der Waals surface area contributed by atoms with Gasteiger partial charge in [-0.1, -0.05) is 42.5 Å². The monoisotopic (exact) mass is 280 g/mol. The van der Waals surface area contributed by atoms with Crippen LogP contribution in [0, 0.1) is 0 Å². The second-order valence-corrected chi connectivity index (χ2v) is 5.92. The fourth-order valence-corrected chi connectivity index (χ4v) is 3.27. The van der Waals surface area contributed by atoms with Crippen LogP contribution < -0.4 is 4.74 Å². The molecule has 0 aliphatic carbocycles. The van der Waals surface area contributed by atoms with Gasteiger partial charge in [-0.05, 0) is 23.6 Å². The second-order valence-electron chi connectivity index (χ2n) is 5.92. The maximum Gasteiger partial charge on any atom is 0.143 e. The normalized spacial score (nSPS) is 18.7. The van der Waals surface area contributed by atoms with Gasteiger partial charge in [0.1, 0.15) is 12.5 Å². The molecule has 0 N–H and O–H groups in total. The molecule has 0 bridgehead atoms. The molecular weight excluding hydrogens is 260 g/mol. The molecule has 0 unspecified atom stereocenters. The van der Waals surface area contributed by atoms with E-state index in [9.17, 15) is 0 Å². The van der Waals surface area contributed by atoms with Gasteiger partial charge in [0.2, 0.25) is 0 Å². The molecule has 0 amide bonds. The van der Waals surface area contributed by atoms with Gasteiger partial charge in [0.25, 0.3) is 0 Å². The lowest BCUT2D eigenvalue weighted by Crippen LogP contribution is -2.43. The number of fused-ring (bicyclic) bond motifs is 2. The summed E-state index contributed by atoms with van der Waals surface area (Å²) in [4.78, 5) is 4.88. The van der Waals surface area contributed by atoms with Crippen LogP contribution in [0.2, 0.25) is 0 Å². The second kappa shape index (κ2) is 5.51. The maximum absolute atomic E-state index is 5.85.